The molecule has 0 aromatic heterocycles. The fourth-order valence-corrected chi connectivity index (χ4v) is 3.95. The second-order valence-electron chi connectivity index (χ2n) is 3.33. The van der Waals surface area contributed by atoms with E-state index in [1.807, 2.05) is 23.5 Å². The summed E-state index contributed by atoms with van der Waals surface area (Å²) in [6.07, 6.45) is 0. The van der Waals surface area contributed by atoms with Gasteiger partial charge in [0.15, 0.2) is 0 Å². The molecule has 0 radical (unpaired) electrons. The van der Waals surface area contributed by atoms with E-state index < -0.39 is 0 Å². The van der Waals surface area contributed by atoms with Crippen LogP contribution in [0.25, 0.3) is 0 Å². The lowest BCUT2D eigenvalue weighted by Gasteiger charge is -2.06. The van der Waals surface area contributed by atoms with Crippen molar-refractivity contribution in [1.29, 1.82) is 0 Å². The Morgan fingerprint density at radius 2 is 2.40 bits per heavy atom. The zero-order valence-electron chi connectivity index (χ0n) is 8.50. The van der Waals surface area contributed by atoms with E-state index in [9.17, 15) is 0 Å². The Morgan fingerprint density at radius 1 is 1.53 bits per heavy atom. The van der Waals surface area contributed by atoms with Gasteiger partial charge in [0, 0.05) is 16.0 Å². The molecule has 0 amide bonds. The summed E-state index contributed by atoms with van der Waals surface area (Å²) in [5.41, 5.74) is 2.66. The number of hydrogen-bond acceptors (Lipinski definition) is 3. The van der Waals surface area contributed by atoms with E-state index >= 15 is 0 Å². The van der Waals surface area contributed by atoms with Crippen molar-refractivity contribution in [2.24, 2.45) is 4.99 Å². The molecule has 1 aliphatic rings. The first-order chi connectivity index (χ1) is 7.27. The van der Waals surface area contributed by atoms with Crippen LogP contribution in [0.5, 0.6) is 0 Å². The standard InChI is InChI=1S/C11H12BrNS2/c1-8-3-2-4-9(10(8)12)7-15-11-13-5-6-14-11/h2-4H,5-7H2,1H3. The maximum Gasteiger partial charge on any atom is 0.124 e. The van der Waals surface area contributed by atoms with Crippen molar-refractivity contribution in [1.82, 2.24) is 0 Å². The molecule has 2 rings (SSSR count). The summed E-state index contributed by atoms with van der Waals surface area (Å²) in [5.74, 6) is 2.16. The molecule has 0 bridgehead atoms. The molecule has 1 aliphatic heterocycles. The first-order valence-corrected chi connectivity index (χ1v) is 7.58. The maximum absolute atomic E-state index is 4.43. The molecule has 0 saturated heterocycles. The molecule has 0 fully saturated rings. The number of benzene rings is 1. The van der Waals surface area contributed by atoms with Crippen molar-refractivity contribution in [2.75, 3.05) is 12.3 Å². The molecule has 1 nitrogen and oxygen atoms in total. The topological polar surface area (TPSA) is 12.4 Å². The minimum Gasteiger partial charge on any atom is -0.271 e. The summed E-state index contributed by atoms with van der Waals surface area (Å²) < 4.78 is 2.48. The summed E-state index contributed by atoms with van der Waals surface area (Å²) in [4.78, 5) is 4.43. The van der Waals surface area contributed by atoms with Gasteiger partial charge in [-0.3, -0.25) is 4.99 Å². The Balaban J connectivity index is 2.01. The number of rotatable bonds is 2. The smallest absolute Gasteiger partial charge is 0.124 e. The molecule has 0 N–H and O–H groups in total. The maximum atomic E-state index is 4.43. The van der Waals surface area contributed by atoms with Gasteiger partial charge in [0.1, 0.15) is 4.38 Å². The van der Waals surface area contributed by atoms with E-state index in [-0.39, 0.29) is 0 Å². The van der Waals surface area contributed by atoms with Gasteiger partial charge in [-0.25, -0.2) is 0 Å². The van der Waals surface area contributed by atoms with Gasteiger partial charge in [-0.05, 0) is 18.1 Å². The lowest BCUT2D eigenvalue weighted by Crippen LogP contribution is -1.88. The van der Waals surface area contributed by atoms with Crippen molar-refractivity contribution < 1.29 is 0 Å². The van der Waals surface area contributed by atoms with Crippen molar-refractivity contribution in [3.63, 3.8) is 0 Å². The molecule has 4 heteroatoms. The molecular weight excluding hydrogens is 290 g/mol. The molecule has 15 heavy (non-hydrogen) atoms. The predicted octanol–water partition coefficient (Wildman–Crippen LogP) is 4.09. The van der Waals surface area contributed by atoms with Crippen LogP contribution in [0.4, 0.5) is 0 Å². The van der Waals surface area contributed by atoms with E-state index in [1.165, 1.54) is 20.0 Å². The average molecular weight is 302 g/mol. The molecule has 80 valence electrons. The molecule has 1 aromatic rings. The van der Waals surface area contributed by atoms with E-state index in [0.717, 1.165) is 18.1 Å². The number of nitrogens with zero attached hydrogens (tertiary/aromatic N) is 1. The molecule has 0 atom stereocenters. The zero-order chi connectivity index (χ0) is 10.7. The summed E-state index contributed by atoms with van der Waals surface area (Å²) in [6, 6.07) is 6.41. The number of thioether (sulfide) groups is 2. The van der Waals surface area contributed by atoms with Crippen LogP contribution >= 0.6 is 39.5 Å². The number of aryl methyl sites for hydroxylation is 1. The van der Waals surface area contributed by atoms with Crippen LogP contribution in [0.15, 0.2) is 27.7 Å². The highest BCUT2D eigenvalue weighted by Gasteiger charge is 2.09. The summed E-state index contributed by atoms with van der Waals surface area (Å²) in [6.45, 7) is 3.11. The fraction of sp³-hybridized carbons (Fsp3) is 0.364. The van der Waals surface area contributed by atoms with Crippen molar-refractivity contribution in [3.05, 3.63) is 33.8 Å². The number of halogens is 1. The summed E-state index contributed by atoms with van der Waals surface area (Å²) in [5, 5.41) is 0. The normalized spacial score (nSPS) is 15.5. The van der Waals surface area contributed by atoms with Crippen LogP contribution < -0.4 is 0 Å². The van der Waals surface area contributed by atoms with Crippen LogP contribution in [0, 0.1) is 6.92 Å². The zero-order valence-corrected chi connectivity index (χ0v) is 11.7. The Kier molecular flexibility index (Phi) is 4.17. The Bertz CT molecular complexity index is 390. The highest BCUT2D eigenvalue weighted by atomic mass is 79.9. The Morgan fingerprint density at radius 3 is 3.13 bits per heavy atom. The molecule has 1 heterocycles. The number of aliphatic imine (C=N–C) groups is 1. The average Bonchev–Trinajstić information content (AvgIpc) is 2.73. The third-order valence-corrected chi connectivity index (χ3v) is 5.62. The minimum absolute atomic E-state index is 0.988. The van der Waals surface area contributed by atoms with Gasteiger partial charge >= 0.3 is 0 Å². The van der Waals surface area contributed by atoms with E-state index in [2.05, 4.69) is 46.0 Å². The quantitative estimate of drug-likeness (QED) is 0.815. The van der Waals surface area contributed by atoms with Crippen molar-refractivity contribution in [2.45, 2.75) is 12.7 Å². The molecule has 1 aromatic carbocycles. The molecule has 0 saturated carbocycles. The fourth-order valence-electron chi connectivity index (χ4n) is 1.36. The first-order valence-electron chi connectivity index (χ1n) is 4.81. The first kappa shape index (κ1) is 11.6. The van der Waals surface area contributed by atoms with Crippen molar-refractivity contribution >= 4 is 43.8 Å². The van der Waals surface area contributed by atoms with Gasteiger partial charge in [-0.15, -0.1) is 0 Å². The Hall–Kier alpha value is 0.0700. The molecule has 0 unspecified atom stereocenters. The van der Waals surface area contributed by atoms with E-state index in [1.54, 1.807) is 0 Å². The molecular formula is C11H12BrNS2. The van der Waals surface area contributed by atoms with Crippen LogP contribution in [0.1, 0.15) is 11.1 Å². The largest absolute Gasteiger partial charge is 0.271 e. The van der Waals surface area contributed by atoms with Crippen LogP contribution in [0.3, 0.4) is 0 Å². The minimum atomic E-state index is 0.988. The van der Waals surface area contributed by atoms with Crippen LogP contribution in [0.2, 0.25) is 0 Å². The van der Waals surface area contributed by atoms with Gasteiger partial charge in [0.2, 0.25) is 0 Å². The molecule has 0 spiro atoms. The van der Waals surface area contributed by atoms with E-state index in [4.69, 9.17) is 0 Å². The molecule has 0 aliphatic carbocycles. The predicted molar refractivity (Wildman–Crippen MR) is 74.9 cm³/mol. The van der Waals surface area contributed by atoms with Crippen LogP contribution in [-0.2, 0) is 5.75 Å². The second kappa shape index (κ2) is 5.41. The summed E-state index contributed by atoms with van der Waals surface area (Å²) >= 11 is 7.34. The third kappa shape index (κ3) is 3.02. The Labute approximate surface area is 107 Å². The highest BCUT2D eigenvalue weighted by molar-refractivity contribution is 9.10. The highest BCUT2D eigenvalue weighted by Crippen LogP contribution is 2.29. The van der Waals surface area contributed by atoms with Crippen molar-refractivity contribution in [3.8, 4) is 0 Å². The lowest BCUT2D eigenvalue weighted by molar-refractivity contribution is 1.18. The lowest BCUT2D eigenvalue weighted by atomic mass is 10.2. The van der Waals surface area contributed by atoms with Gasteiger partial charge in [0.05, 0.1) is 6.54 Å². The number of hydrogen-bond donors (Lipinski definition) is 0. The van der Waals surface area contributed by atoms with E-state index in [0.29, 0.717) is 0 Å². The van der Waals surface area contributed by atoms with Crippen LogP contribution in [-0.4, -0.2) is 16.7 Å². The SMILES string of the molecule is Cc1cccc(CSC2=NCCS2)c1Br. The van der Waals surface area contributed by atoms with Gasteiger partial charge in [-0.2, -0.15) is 0 Å². The van der Waals surface area contributed by atoms with Gasteiger partial charge in [-0.1, -0.05) is 57.7 Å². The third-order valence-electron chi connectivity index (χ3n) is 2.18. The monoisotopic (exact) mass is 301 g/mol. The van der Waals surface area contributed by atoms with Gasteiger partial charge < -0.3 is 0 Å². The second-order valence-corrected chi connectivity index (χ2v) is 6.43. The summed E-state index contributed by atoms with van der Waals surface area (Å²) in [7, 11) is 0. The van der Waals surface area contributed by atoms with Gasteiger partial charge in [0.25, 0.3) is 0 Å².